The molecule has 0 radical (unpaired) electrons. The van der Waals surface area contributed by atoms with Crippen LogP contribution >= 0.6 is 0 Å². The van der Waals surface area contributed by atoms with E-state index in [1.807, 2.05) is 29.2 Å². The number of amides is 2. The van der Waals surface area contributed by atoms with Gasteiger partial charge in [0.2, 0.25) is 0 Å². The first kappa shape index (κ1) is 16.5. The van der Waals surface area contributed by atoms with Gasteiger partial charge in [-0.1, -0.05) is 5.16 Å². The molecule has 1 atom stereocenters. The van der Waals surface area contributed by atoms with Crippen molar-refractivity contribution in [3.05, 3.63) is 48.0 Å². The predicted molar refractivity (Wildman–Crippen MR) is 96.8 cm³/mol. The second-order valence-corrected chi connectivity index (χ2v) is 6.67. The minimum absolute atomic E-state index is 0.00490. The van der Waals surface area contributed by atoms with Crippen molar-refractivity contribution in [2.75, 3.05) is 6.54 Å². The minimum Gasteiger partial charge on any atom is -0.487 e. The zero-order valence-corrected chi connectivity index (χ0v) is 14.7. The fraction of sp³-hybridized carbons (Fsp3) is 0.368. The lowest BCUT2D eigenvalue weighted by Crippen LogP contribution is -2.41. The summed E-state index contributed by atoms with van der Waals surface area (Å²) in [4.78, 5) is 17.5. The average molecular weight is 354 g/mol. The van der Waals surface area contributed by atoms with Gasteiger partial charge in [-0.3, -0.25) is 0 Å². The third kappa shape index (κ3) is 3.51. The highest BCUT2D eigenvalue weighted by Crippen LogP contribution is 2.22. The van der Waals surface area contributed by atoms with Gasteiger partial charge in [0.1, 0.15) is 24.3 Å². The summed E-state index contributed by atoms with van der Waals surface area (Å²) < 4.78 is 10.5. The number of ether oxygens (including phenoxy) is 1. The summed E-state index contributed by atoms with van der Waals surface area (Å²) in [6, 6.07) is 10.0. The number of carbonyl (C=O) groups is 1. The second-order valence-electron chi connectivity index (χ2n) is 6.67. The van der Waals surface area contributed by atoms with Crippen LogP contribution in [0.25, 0.3) is 10.9 Å². The number of nitrogens with one attached hydrogen (secondary N) is 2. The monoisotopic (exact) mass is 354 g/mol. The number of aromatic amines is 1. The first-order valence-corrected chi connectivity index (χ1v) is 8.87. The van der Waals surface area contributed by atoms with Crippen LogP contribution < -0.4 is 10.1 Å². The van der Waals surface area contributed by atoms with Crippen molar-refractivity contribution in [3.63, 3.8) is 0 Å². The summed E-state index contributed by atoms with van der Waals surface area (Å²) in [7, 11) is 0. The lowest BCUT2D eigenvalue weighted by Gasteiger charge is -2.21. The molecule has 1 saturated heterocycles. The Hall–Kier alpha value is -2.96. The second kappa shape index (κ2) is 7.11. The molecule has 2 aromatic heterocycles. The number of rotatable bonds is 5. The van der Waals surface area contributed by atoms with Gasteiger partial charge in [0, 0.05) is 35.9 Å². The number of nitrogens with zero attached hydrogens (tertiary/aromatic N) is 2. The van der Waals surface area contributed by atoms with E-state index < -0.39 is 0 Å². The van der Waals surface area contributed by atoms with Crippen LogP contribution in [0.3, 0.4) is 0 Å². The largest absolute Gasteiger partial charge is 0.487 e. The molecule has 7 heteroatoms. The molecule has 7 nitrogen and oxygen atoms in total. The first-order valence-electron chi connectivity index (χ1n) is 8.87. The molecule has 1 fully saturated rings. The van der Waals surface area contributed by atoms with Crippen LogP contribution in [0.4, 0.5) is 4.79 Å². The van der Waals surface area contributed by atoms with Crippen molar-refractivity contribution in [1.29, 1.82) is 0 Å². The molecule has 3 aromatic rings. The Bertz CT molecular complexity index is 887. The number of hydrogen-bond donors (Lipinski definition) is 2. The molecule has 1 unspecified atom stereocenters. The molecule has 1 aromatic carbocycles. The highest BCUT2D eigenvalue weighted by Gasteiger charge is 2.24. The smallest absolute Gasteiger partial charge is 0.317 e. The SMILES string of the molecule is CC1CCCN1C(=O)NCc1cc2ccc(OCc3ccon3)cc2[nH]1. The maximum atomic E-state index is 12.3. The molecular weight excluding hydrogens is 332 g/mol. The highest BCUT2D eigenvalue weighted by molar-refractivity contribution is 5.82. The number of carbonyl (C=O) groups excluding carboxylic acids is 1. The van der Waals surface area contributed by atoms with Crippen LogP contribution in [0.15, 0.2) is 41.1 Å². The average Bonchev–Trinajstić information content (AvgIpc) is 3.37. The van der Waals surface area contributed by atoms with E-state index in [-0.39, 0.29) is 6.03 Å². The van der Waals surface area contributed by atoms with E-state index in [2.05, 4.69) is 22.4 Å². The molecule has 0 saturated carbocycles. The van der Waals surface area contributed by atoms with Crippen LogP contribution in [-0.4, -0.2) is 33.7 Å². The van der Waals surface area contributed by atoms with E-state index >= 15 is 0 Å². The summed E-state index contributed by atoms with van der Waals surface area (Å²) >= 11 is 0. The topological polar surface area (TPSA) is 83.4 Å². The van der Waals surface area contributed by atoms with Crippen molar-refractivity contribution < 1.29 is 14.1 Å². The molecule has 1 aliphatic heterocycles. The van der Waals surface area contributed by atoms with Gasteiger partial charge in [-0.25, -0.2) is 4.79 Å². The van der Waals surface area contributed by atoms with Gasteiger partial charge in [0.25, 0.3) is 0 Å². The van der Waals surface area contributed by atoms with Crippen molar-refractivity contribution >= 4 is 16.9 Å². The van der Waals surface area contributed by atoms with Crippen LogP contribution in [-0.2, 0) is 13.2 Å². The number of likely N-dealkylation sites (tertiary alicyclic amines) is 1. The van der Waals surface area contributed by atoms with Gasteiger partial charge in [-0.2, -0.15) is 0 Å². The molecule has 2 N–H and O–H groups in total. The zero-order chi connectivity index (χ0) is 17.9. The number of H-pyrrole nitrogens is 1. The molecule has 0 spiro atoms. The normalized spacial score (nSPS) is 17.0. The first-order chi connectivity index (χ1) is 12.7. The van der Waals surface area contributed by atoms with Gasteiger partial charge in [-0.15, -0.1) is 0 Å². The summed E-state index contributed by atoms with van der Waals surface area (Å²) in [5, 5.41) is 7.90. The Labute approximate surface area is 151 Å². The zero-order valence-electron chi connectivity index (χ0n) is 14.7. The minimum atomic E-state index is 0.00490. The number of aromatic nitrogens is 2. The summed E-state index contributed by atoms with van der Waals surface area (Å²) in [6.45, 7) is 3.77. The summed E-state index contributed by atoms with van der Waals surface area (Å²) in [5.41, 5.74) is 2.69. The molecule has 3 heterocycles. The molecule has 0 bridgehead atoms. The van der Waals surface area contributed by atoms with Crippen LogP contribution in [0, 0.1) is 0 Å². The van der Waals surface area contributed by atoms with Gasteiger partial charge in [-0.05, 0) is 43.4 Å². The van der Waals surface area contributed by atoms with E-state index in [0.29, 0.717) is 19.2 Å². The molecule has 136 valence electrons. The molecule has 4 rings (SSSR count). The molecule has 2 amide bonds. The Morgan fingerprint density at radius 3 is 3.12 bits per heavy atom. The Kier molecular flexibility index (Phi) is 4.51. The van der Waals surface area contributed by atoms with Gasteiger partial charge >= 0.3 is 6.03 Å². The van der Waals surface area contributed by atoms with E-state index in [1.54, 1.807) is 6.07 Å². The Balaban J connectivity index is 1.38. The van der Waals surface area contributed by atoms with Gasteiger partial charge < -0.3 is 24.5 Å². The van der Waals surface area contributed by atoms with Crippen LogP contribution in [0.5, 0.6) is 5.75 Å². The molecule has 1 aliphatic rings. The number of benzene rings is 1. The fourth-order valence-electron chi connectivity index (χ4n) is 3.33. The third-order valence-corrected chi connectivity index (χ3v) is 4.77. The maximum absolute atomic E-state index is 12.3. The molecule has 26 heavy (non-hydrogen) atoms. The number of urea groups is 1. The van der Waals surface area contributed by atoms with E-state index in [0.717, 1.165) is 47.4 Å². The molecular formula is C19H22N4O3. The predicted octanol–water partition coefficient (Wildman–Crippen LogP) is 3.43. The Morgan fingerprint density at radius 1 is 1.42 bits per heavy atom. The summed E-state index contributed by atoms with van der Waals surface area (Å²) in [6.07, 6.45) is 3.69. The van der Waals surface area contributed by atoms with Crippen LogP contribution in [0.2, 0.25) is 0 Å². The molecule has 0 aliphatic carbocycles. The van der Waals surface area contributed by atoms with E-state index in [9.17, 15) is 4.79 Å². The lowest BCUT2D eigenvalue weighted by molar-refractivity contribution is 0.195. The lowest BCUT2D eigenvalue weighted by atomic mass is 10.2. The highest BCUT2D eigenvalue weighted by atomic mass is 16.5. The number of hydrogen-bond acceptors (Lipinski definition) is 4. The van der Waals surface area contributed by atoms with E-state index in [1.165, 1.54) is 6.26 Å². The maximum Gasteiger partial charge on any atom is 0.317 e. The van der Waals surface area contributed by atoms with Crippen molar-refractivity contribution in [2.45, 2.75) is 39.0 Å². The van der Waals surface area contributed by atoms with Crippen molar-refractivity contribution in [1.82, 2.24) is 20.4 Å². The fourth-order valence-corrected chi connectivity index (χ4v) is 3.33. The standard InChI is InChI=1S/C19H22N4O3/c1-13-3-2-7-23(13)19(24)20-11-16-9-14-4-5-17(10-18(14)21-16)25-12-15-6-8-26-22-15/h4-6,8-10,13,21H,2-3,7,11-12H2,1H3,(H,20,24). The van der Waals surface area contributed by atoms with E-state index in [4.69, 9.17) is 9.26 Å². The van der Waals surface area contributed by atoms with Crippen molar-refractivity contribution in [3.8, 4) is 5.75 Å². The number of fused-ring (bicyclic) bond motifs is 1. The summed E-state index contributed by atoms with van der Waals surface area (Å²) in [5.74, 6) is 0.754. The van der Waals surface area contributed by atoms with Gasteiger partial charge in [0.15, 0.2) is 0 Å². The van der Waals surface area contributed by atoms with Crippen molar-refractivity contribution in [2.24, 2.45) is 0 Å². The Morgan fingerprint density at radius 2 is 2.35 bits per heavy atom. The van der Waals surface area contributed by atoms with Gasteiger partial charge in [0.05, 0.1) is 6.54 Å². The third-order valence-electron chi connectivity index (χ3n) is 4.77. The quantitative estimate of drug-likeness (QED) is 0.735. The van der Waals surface area contributed by atoms with Crippen LogP contribution in [0.1, 0.15) is 31.2 Å².